The molecule has 0 saturated heterocycles. The zero-order chi connectivity index (χ0) is 15.7. The monoisotopic (exact) mass is 331 g/mol. The molecule has 21 heavy (non-hydrogen) atoms. The Morgan fingerprint density at radius 3 is 2.29 bits per heavy atom. The highest BCUT2D eigenvalue weighted by Crippen LogP contribution is 2.30. The van der Waals surface area contributed by atoms with Gasteiger partial charge in [0.15, 0.2) is 5.76 Å². The third-order valence-corrected chi connectivity index (χ3v) is 6.17. The Balaban J connectivity index is 2.38. The van der Waals surface area contributed by atoms with Crippen LogP contribution in [0.15, 0.2) is 9.42 Å². The fraction of sp³-hybridized carbons (Fsp3) is 0.692. The van der Waals surface area contributed by atoms with Crippen molar-refractivity contribution in [3.63, 3.8) is 0 Å². The number of rotatable bonds is 4. The van der Waals surface area contributed by atoms with Crippen LogP contribution in [0.2, 0.25) is 0 Å². The minimum Gasteiger partial charge on any atom is -0.392 e. The van der Waals surface area contributed by atoms with E-state index in [4.69, 9.17) is 22.5 Å². The van der Waals surface area contributed by atoms with Crippen LogP contribution in [0.3, 0.4) is 0 Å². The molecule has 0 bridgehead atoms. The molecule has 0 amide bonds. The molecule has 1 saturated carbocycles. The van der Waals surface area contributed by atoms with Crippen LogP contribution in [0.1, 0.15) is 50.0 Å². The number of aryl methyl sites for hydroxylation is 2. The van der Waals surface area contributed by atoms with E-state index in [9.17, 15) is 8.42 Å². The second-order valence-corrected chi connectivity index (χ2v) is 7.68. The maximum atomic E-state index is 12.7. The summed E-state index contributed by atoms with van der Waals surface area (Å²) in [7, 11) is -3.77. The SMILES string of the molecule is Cc1noc(C)c1S(=O)(=O)NC1(C(N)=S)CCCCCC1. The van der Waals surface area contributed by atoms with Crippen molar-refractivity contribution in [1.29, 1.82) is 0 Å². The summed E-state index contributed by atoms with van der Waals surface area (Å²) < 4.78 is 33.1. The summed E-state index contributed by atoms with van der Waals surface area (Å²) in [6.45, 7) is 3.18. The molecule has 0 aromatic carbocycles. The van der Waals surface area contributed by atoms with E-state index in [1.165, 1.54) is 0 Å². The van der Waals surface area contributed by atoms with Gasteiger partial charge < -0.3 is 10.3 Å². The fourth-order valence-corrected chi connectivity index (χ4v) is 4.99. The quantitative estimate of drug-likeness (QED) is 0.646. The predicted molar refractivity (Wildman–Crippen MR) is 83.5 cm³/mol. The van der Waals surface area contributed by atoms with Crippen molar-refractivity contribution < 1.29 is 12.9 Å². The lowest BCUT2D eigenvalue weighted by Gasteiger charge is -2.32. The Hall–Kier alpha value is -0.990. The molecule has 2 rings (SSSR count). The lowest BCUT2D eigenvalue weighted by Crippen LogP contribution is -2.56. The van der Waals surface area contributed by atoms with Crippen molar-refractivity contribution in [2.75, 3.05) is 0 Å². The van der Waals surface area contributed by atoms with E-state index in [0.717, 1.165) is 25.7 Å². The van der Waals surface area contributed by atoms with E-state index in [0.29, 0.717) is 18.5 Å². The van der Waals surface area contributed by atoms with Crippen LogP contribution in [0.5, 0.6) is 0 Å². The standard InChI is InChI=1S/C13H21N3O3S2/c1-9-11(10(2)19-15-9)21(17,18)16-13(12(14)20)7-5-3-4-6-8-13/h16H,3-8H2,1-2H3,(H2,14,20). The summed E-state index contributed by atoms with van der Waals surface area (Å²) in [6.07, 6.45) is 5.20. The third-order valence-electron chi connectivity index (χ3n) is 4.00. The van der Waals surface area contributed by atoms with Crippen LogP contribution in [0, 0.1) is 13.8 Å². The van der Waals surface area contributed by atoms with E-state index < -0.39 is 15.6 Å². The molecule has 1 aliphatic carbocycles. The number of hydrogen-bond donors (Lipinski definition) is 2. The summed E-state index contributed by atoms with van der Waals surface area (Å²) in [5.74, 6) is 0.270. The lowest BCUT2D eigenvalue weighted by molar-refractivity contribution is 0.390. The molecule has 1 fully saturated rings. The summed E-state index contributed by atoms with van der Waals surface area (Å²) >= 11 is 5.16. The number of nitrogens with one attached hydrogen (secondary N) is 1. The van der Waals surface area contributed by atoms with Crippen molar-refractivity contribution in [2.24, 2.45) is 5.73 Å². The largest absolute Gasteiger partial charge is 0.392 e. The molecular weight excluding hydrogens is 310 g/mol. The van der Waals surface area contributed by atoms with Crippen molar-refractivity contribution in [3.8, 4) is 0 Å². The highest BCUT2D eigenvalue weighted by molar-refractivity contribution is 7.89. The van der Waals surface area contributed by atoms with Crippen molar-refractivity contribution >= 4 is 27.2 Å². The van der Waals surface area contributed by atoms with Crippen LogP contribution in [-0.4, -0.2) is 24.1 Å². The van der Waals surface area contributed by atoms with E-state index in [-0.39, 0.29) is 15.6 Å². The van der Waals surface area contributed by atoms with Gasteiger partial charge in [0.05, 0.1) is 10.5 Å². The van der Waals surface area contributed by atoms with E-state index in [1.54, 1.807) is 13.8 Å². The highest BCUT2D eigenvalue weighted by atomic mass is 32.2. The number of nitrogens with zero attached hydrogens (tertiary/aromatic N) is 1. The zero-order valence-corrected chi connectivity index (χ0v) is 13.9. The predicted octanol–water partition coefficient (Wildman–Crippen LogP) is 1.95. The van der Waals surface area contributed by atoms with E-state index in [1.807, 2.05) is 0 Å². The van der Waals surface area contributed by atoms with Gasteiger partial charge in [0.2, 0.25) is 10.0 Å². The molecule has 0 spiro atoms. The van der Waals surface area contributed by atoms with Crippen LogP contribution < -0.4 is 10.5 Å². The topological polar surface area (TPSA) is 98.2 Å². The van der Waals surface area contributed by atoms with Crippen molar-refractivity contribution in [3.05, 3.63) is 11.5 Å². The Morgan fingerprint density at radius 2 is 1.86 bits per heavy atom. The first-order chi connectivity index (χ1) is 9.78. The maximum Gasteiger partial charge on any atom is 0.246 e. The number of aromatic nitrogens is 1. The van der Waals surface area contributed by atoms with E-state index >= 15 is 0 Å². The average Bonchev–Trinajstić information content (AvgIpc) is 2.61. The molecule has 1 aromatic rings. The highest BCUT2D eigenvalue weighted by Gasteiger charge is 2.40. The minimum atomic E-state index is -3.77. The van der Waals surface area contributed by atoms with Crippen LogP contribution in [0.4, 0.5) is 0 Å². The Kier molecular flexibility index (Phi) is 4.69. The van der Waals surface area contributed by atoms with Gasteiger partial charge in [0.1, 0.15) is 10.6 Å². The molecule has 0 atom stereocenters. The van der Waals surface area contributed by atoms with Gasteiger partial charge in [-0.15, -0.1) is 0 Å². The molecule has 8 heteroatoms. The van der Waals surface area contributed by atoms with Crippen molar-refractivity contribution in [1.82, 2.24) is 9.88 Å². The lowest BCUT2D eigenvalue weighted by atomic mass is 9.91. The molecule has 0 radical (unpaired) electrons. The molecular formula is C13H21N3O3S2. The first-order valence-corrected chi connectivity index (χ1v) is 8.94. The average molecular weight is 331 g/mol. The van der Waals surface area contributed by atoms with Gasteiger partial charge in [-0.2, -0.15) is 4.72 Å². The smallest absolute Gasteiger partial charge is 0.246 e. The minimum absolute atomic E-state index is 0.0855. The summed E-state index contributed by atoms with van der Waals surface area (Å²) in [5, 5.41) is 3.70. The van der Waals surface area contributed by atoms with Gasteiger partial charge in [-0.3, -0.25) is 0 Å². The number of hydrogen-bond acceptors (Lipinski definition) is 5. The molecule has 1 aromatic heterocycles. The third kappa shape index (κ3) is 3.27. The van der Waals surface area contributed by atoms with Gasteiger partial charge in [-0.1, -0.05) is 43.1 Å². The summed E-state index contributed by atoms with van der Waals surface area (Å²) in [6, 6.07) is 0. The molecule has 1 heterocycles. The van der Waals surface area contributed by atoms with Crippen molar-refractivity contribution in [2.45, 2.75) is 62.8 Å². The van der Waals surface area contributed by atoms with Crippen LogP contribution >= 0.6 is 12.2 Å². The summed E-state index contributed by atoms with van der Waals surface area (Å²) in [5.41, 5.74) is 5.37. The fourth-order valence-electron chi connectivity index (χ4n) is 2.90. The molecule has 0 unspecified atom stereocenters. The van der Waals surface area contributed by atoms with Gasteiger partial charge in [0, 0.05) is 0 Å². The molecule has 0 aliphatic heterocycles. The van der Waals surface area contributed by atoms with Gasteiger partial charge in [-0.25, -0.2) is 8.42 Å². The second-order valence-electron chi connectivity index (χ2n) is 5.62. The second kappa shape index (κ2) is 6.02. The van der Waals surface area contributed by atoms with E-state index in [2.05, 4.69) is 9.88 Å². The zero-order valence-electron chi connectivity index (χ0n) is 12.3. The number of thiocarbonyl (C=S) groups is 1. The van der Waals surface area contributed by atoms with Crippen LogP contribution in [-0.2, 0) is 10.0 Å². The Morgan fingerprint density at radius 1 is 1.29 bits per heavy atom. The van der Waals surface area contributed by atoms with Crippen LogP contribution in [0.25, 0.3) is 0 Å². The van der Waals surface area contributed by atoms with Gasteiger partial charge in [-0.05, 0) is 26.7 Å². The maximum absolute atomic E-state index is 12.7. The molecule has 118 valence electrons. The Labute approximate surface area is 130 Å². The molecule has 1 aliphatic rings. The van der Waals surface area contributed by atoms with Gasteiger partial charge in [0.25, 0.3) is 0 Å². The number of sulfonamides is 1. The Bertz CT molecular complexity index is 610. The first-order valence-electron chi connectivity index (χ1n) is 7.05. The normalized spacial score (nSPS) is 19.1. The first kappa shape index (κ1) is 16.4. The summed E-state index contributed by atoms with van der Waals surface area (Å²) in [4.78, 5) is 0.294. The molecule has 3 N–H and O–H groups in total. The molecule has 6 nitrogen and oxygen atoms in total. The number of nitrogens with two attached hydrogens (primary N) is 1. The van der Waals surface area contributed by atoms with Gasteiger partial charge >= 0.3 is 0 Å².